The van der Waals surface area contributed by atoms with E-state index in [2.05, 4.69) is 11.4 Å². The molecule has 1 N–H and O–H groups in total. The summed E-state index contributed by atoms with van der Waals surface area (Å²) in [7, 11) is 1.59. The molecule has 1 aromatic carbocycles. The molecule has 0 bridgehead atoms. The van der Waals surface area contributed by atoms with Crippen LogP contribution in [0.2, 0.25) is 0 Å². The summed E-state index contributed by atoms with van der Waals surface area (Å²) >= 11 is 0. The van der Waals surface area contributed by atoms with Gasteiger partial charge in [0.05, 0.1) is 12.7 Å². The monoisotopic (exact) mass is 236 g/mol. The van der Waals surface area contributed by atoms with Crippen LogP contribution in [0.25, 0.3) is 0 Å². The lowest BCUT2D eigenvalue weighted by molar-refractivity contribution is 0.157. The van der Waals surface area contributed by atoms with Crippen molar-refractivity contribution in [2.75, 3.05) is 19.0 Å². The van der Waals surface area contributed by atoms with Crippen molar-refractivity contribution in [1.29, 1.82) is 5.26 Å². The van der Waals surface area contributed by atoms with E-state index in [1.807, 2.05) is 19.9 Å². The van der Waals surface area contributed by atoms with Crippen molar-refractivity contribution in [3.8, 4) is 6.07 Å². The van der Waals surface area contributed by atoms with Gasteiger partial charge in [0.25, 0.3) is 0 Å². The Morgan fingerprint density at radius 2 is 2.18 bits per heavy atom. The highest BCUT2D eigenvalue weighted by Crippen LogP contribution is 2.16. The Bertz CT molecular complexity index is 394. The maximum atomic E-state index is 13.2. The Morgan fingerprint density at radius 1 is 1.47 bits per heavy atom. The number of halogens is 1. The summed E-state index contributed by atoms with van der Waals surface area (Å²) in [4.78, 5) is 0. The van der Waals surface area contributed by atoms with Gasteiger partial charge >= 0.3 is 0 Å². The van der Waals surface area contributed by atoms with Crippen LogP contribution in [-0.4, -0.2) is 19.8 Å². The highest BCUT2D eigenvalue weighted by molar-refractivity contribution is 5.48. The van der Waals surface area contributed by atoms with Crippen molar-refractivity contribution in [2.24, 2.45) is 5.92 Å². The van der Waals surface area contributed by atoms with Gasteiger partial charge in [0, 0.05) is 18.7 Å². The maximum Gasteiger partial charge on any atom is 0.125 e. The number of benzene rings is 1. The van der Waals surface area contributed by atoms with Gasteiger partial charge in [0.15, 0.2) is 0 Å². The molecule has 0 saturated heterocycles. The second-order valence-corrected chi connectivity index (χ2v) is 4.20. The summed E-state index contributed by atoms with van der Waals surface area (Å²) in [6, 6.07) is 6.42. The zero-order valence-electron chi connectivity index (χ0n) is 10.3. The first-order valence-corrected chi connectivity index (χ1v) is 5.49. The lowest BCUT2D eigenvalue weighted by Gasteiger charge is -2.19. The quantitative estimate of drug-likeness (QED) is 0.855. The fourth-order valence-electron chi connectivity index (χ4n) is 1.66. The third kappa shape index (κ3) is 4.04. The molecule has 4 heteroatoms. The molecule has 1 aromatic rings. The summed E-state index contributed by atoms with van der Waals surface area (Å²) in [6.45, 7) is 4.21. The van der Waals surface area contributed by atoms with E-state index in [0.717, 1.165) is 5.56 Å². The number of hydrogen-bond donors (Lipinski definition) is 1. The molecule has 0 radical (unpaired) electrons. The molecule has 2 unspecified atom stereocenters. The van der Waals surface area contributed by atoms with Gasteiger partial charge in [-0.3, -0.25) is 0 Å². The molecule has 2 atom stereocenters. The number of nitrogens with zero attached hydrogens (tertiary/aromatic N) is 1. The van der Waals surface area contributed by atoms with E-state index in [0.29, 0.717) is 12.3 Å². The minimum Gasteiger partial charge on any atom is -0.384 e. The third-order valence-corrected chi connectivity index (χ3v) is 2.50. The van der Waals surface area contributed by atoms with Crippen molar-refractivity contribution in [2.45, 2.75) is 19.9 Å². The average Bonchev–Trinajstić information content (AvgIpc) is 2.24. The van der Waals surface area contributed by atoms with Crippen LogP contribution in [0.1, 0.15) is 12.5 Å². The van der Waals surface area contributed by atoms with Crippen LogP contribution in [0.5, 0.6) is 0 Å². The smallest absolute Gasteiger partial charge is 0.125 e. The molecule has 0 aromatic heterocycles. The van der Waals surface area contributed by atoms with Crippen molar-refractivity contribution in [3.63, 3.8) is 0 Å². The Balaban J connectivity index is 2.77. The number of methoxy groups -OCH3 is 1. The Labute approximate surface area is 101 Å². The zero-order chi connectivity index (χ0) is 12.8. The second kappa shape index (κ2) is 6.21. The number of rotatable bonds is 5. The molecule has 0 aliphatic rings. The predicted molar refractivity (Wildman–Crippen MR) is 65.2 cm³/mol. The van der Waals surface area contributed by atoms with Crippen LogP contribution >= 0.6 is 0 Å². The average molecular weight is 236 g/mol. The minimum absolute atomic E-state index is 0.0357. The molecule has 0 spiro atoms. The van der Waals surface area contributed by atoms with Gasteiger partial charge in [-0.2, -0.15) is 5.26 Å². The minimum atomic E-state index is -0.392. The number of nitrogens with one attached hydrogen (secondary N) is 1. The van der Waals surface area contributed by atoms with E-state index in [4.69, 9.17) is 10.00 Å². The molecule has 0 aliphatic heterocycles. The molecular weight excluding hydrogens is 219 g/mol. The van der Waals surface area contributed by atoms with Gasteiger partial charge in [-0.1, -0.05) is 6.92 Å². The molecule has 0 aliphatic carbocycles. The highest BCUT2D eigenvalue weighted by atomic mass is 19.1. The SMILES string of the molecule is COCC(C)C(C#N)Nc1cc(C)cc(F)c1. The number of aryl methyl sites for hydroxylation is 1. The summed E-state index contributed by atoms with van der Waals surface area (Å²) < 4.78 is 18.2. The van der Waals surface area contributed by atoms with Gasteiger partial charge in [0.1, 0.15) is 11.9 Å². The Morgan fingerprint density at radius 3 is 2.71 bits per heavy atom. The fraction of sp³-hybridized carbons (Fsp3) is 0.462. The summed E-state index contributed by atoms with van der Waals surface area (Å²) in [5, 5.41) is 12.1. The van der Waals surface area contributed by atoms with Crippen LogP contribution in [-0.2, 0) is 4.74 Å². The summed E-state index contributed by atoms with van der Waals surface area (Å²) in [6.07, 6.45) is 0. The van der Waals surface area contributed by atoms with Crippen molar-refractivity contribution < 1.29 is 9.13 Å². The van der Waals surface area contributed by atoms with Crippen LogP contribution in [0.3, 0.4) is 0 Å². The molecule has 1 rings (SSSR count). The van der Waals surface area contributed by atoms with E-state index < -0.39 is 6.04 Å². The number of nitriles is 1. The first kappa shape index (κ1) is 13.5. The van der Waals surface area contributed by atoms with Crippen molar-refractivity contribution >= 4 is 5.69 Å². The zero-order valence-corrected chi connectivity index (χ0v) is 10.3. The number of hydrogen-bond acceptors (Lipinski definition) is 3. The number of anilines is 1. The Hall–Kier alpha value is -1.60. The normalized spacial score (nSPS) is 13.8. The predicted octanol–water partition coefficient (Wildman–Crippen LogP) is 2.72. The van der Waals surface area contributed by atoms with Gasteiger partial charge < -0.3 is 10.1 Å². The van der Waals surface area contributed by atoms with E-state index in [-0.39, 0.29) is 11.7 Å². The third-order valence-electron chi connectivity index (χ3n) is 2.50. The first-order chi connectivity index (χ1) is 8.06. The van der Waals surface area contributed by atoms with Gasteiger partial charge in [-0.15, -0.1) is 0 Å². The van der Waals surface area contributed by atoms with E-state index >= 15 is 0 Å². The highest BCUT2D eigenvalue weighted by Gasteiger charge is 2.16. The van der Waals surface area contributed by atoms with Crippen LogP contribution in [0.4, 0.5) is 10.1 Å². The molecular formula is C13H17FN2O. The van der Waals surface area contributed by atoms with Gasteiger partial charge in [0.2, 0.25) is 0 Å². The standard InChI is InChI=1S/C13H17FN2O/c1-9-4-11(14)6-12(5-9)16-13(7-15)10(2)8-17-3/h4-6,10,13,16H,8H2,1-3H3. The fourth-order valence-corrected chi connectivity index (χ4v) is 1.66. The van der Waals surface area contributed by atoms with E-state index in [1.165, 1.54) is 12.1 Å². The van der Waals surface area contributed by atoms with Crippen LogP contribution in [0, 0.1) is 30.0 Å². The first-order valence-electron chi connectivity index (χ1n) is 5.49. The van der Waals surface area contributed by atoms with Crippen molar-refractivity contribution in [3.05, 3.63) is 29.6 Å². The lowest BCUT2D eigenvalue weighted by Crippen LogP contribution is -2.28. The van der Waals surface area contributed by atoms with Gasteiger partial charge in [-0.05, 0) is 30.7 Å². The maximum absolute atomic E-state index is 13.2. The van der Waals surface area contributed by atoms with Gasteiger partial charge in [-0.25, -0.2) is 4.39 Å². The Kier molecular flexibility index (Phi) is 4.92. The van der Waals surface area contributed by atoms with Crippen molar-refractivity contribution in [1.82, 2.24) is 0 Å². The molecule has 92 valence electrons. The summed E-state index contributed by atoms with van der Waals surface area (Å²) in [5.74, 6) is -0.267. The molecule has 0 amide bonds. The summed E-state index contributed by atoms with van der Waals surface area (Å²) in [5.41, 5.74) is 1.44. The molecule has 0 saturated carbocycles. The molecule has 0 fully saturated rings. The molecule has 17 heavy (non-hydrogen) atoms. The van der Waals surface area contributed by atoms with E-state index in [9.17, 15) is 4.39 Å². The molecule has 3 nitrogen and oxygen atoms in total. The molecule has 0 heterocycles. The number of ether oxygens (including phenoxy) is 1. The van der Waals surface area contributed by atoms with Crippen LogP contribution < -0.4 is 5.32 Å². The van der Waals surface area contributed by atoms with Crippen LogP contribution in [0.15, 0.2) is 18.2 Å². The topological polar surface area (TPSA) is 45.0 Å². The second-order valence-electron chi connectivity index (χ2n) is 4.20. The lowest BCUT2D eigenvalue weighted by atomic mass is 10.0. The largest absolute Gasteiger partial charge is 0.384 e. The van der Waals surface area contributed by atoms with E-state index in [1.54, 1.807) is 7.11 Å².